The fraction of sp³-hybridized carbons (Fsp3) is 0.120. The maximum atomic E-state index is 12.5. The molecule has 0 fully saturated rings. The second kappa shape index (κ2) is 11.1. The largest absolute Gasteiger partial charge is 0.497 e. The highest BCUT2D eigenvalue weighted by Crippen LogP contribution is 2.28. The van der Waals surface area contributed by atoms with Crippen molar-refractivity contribution in [3.05, 3.63) is 88.9 Å². The number of rotatable bonds is 8. The lowest BCUT2D eigenvalue weighted by Gasteiger charge is -2.10. The third kappa shape index (κ3) is 5.73. The number of hydrogen-bond acceptors (Lipinski definition) is 6. The third-order valence-electron chi connectivity index (χ3n) is 4.92. The number of nitrogens with one attached hydrogen (secondary N) is 1. The summed E-state index contributed by atoms with van der Waals surface area (Å²) in [5.74, 6) is 1.34. The Bertz CT molecular complexity index is 1310. The van der Waals surface area contributed by atoms with Crippen LogP contribution in [0.3, 0.4) is 0 Å². The number of benzene rings is 3. The summed E-state index contributed by atoms with van der Waals surface area (Å²) in [6.07, 6.45) is 0. The highest BCUT2D eigenvalue weighted by Gasteiger charge is 2.17. The molecule has 3 aromatic carbocycles. The van der Waals surface area contributed by atoms with E-state index in [9.17, 15) is 4.79 Å². The molecule has 1 N–H and O–H groups in total. The molecule has 7 nitrogen and oxygen atoms in total. The zero-order valence-electron chi connectivity index (χ0n) is 18.6. The van der Waals surface area contributed by atoms with Crippen molar-refractivity contribution in [2.45, 2.75) is 12.1 Å². The van der Waals surface area contributed by atoms with Crippen molar-refractivity contribution in [2.24, 2.45) is 5.10 Å². The maximum absolute atomic E-state index is 12.5. The lowest BCUT2D eigenvalue weighted by atomic mass is 10.1. The van der Waals surface area contributed by atoms with Crippen LogP contribution in [0.25, 0.3) is 17.1 Å². The summed E-state index contributed by atoms with van der Waals surface area (Å²) in [5.41, 5.74) is 6.01. The second-order valence-electron chi connectivity index (χ2n) is 7.24. The number of carbonyl (C=O) groups excluding carboxylic acids is 1. The Morgan fingerprint density at radius 2 is 1.82 bits per heavy atom. The Morgan fingerprint density at radius 1 is 1.06 bits per heavy atom. The van der Waals surface area contributed by atoms with Gasteiger partial charge in [0.15, 0.2) is 11.0 Å². The van der Waals surface area contributed by atoms with Crippen molar-refractivity contribution in [2.75, 3.05) is 12.9 Å². The number of aromatic nitrogens is 3. The fourth-order valence-electron chi connectivity index (χ4n) is 3.18. The number of halogens is 1. The molecule has 4 rings (SSSR count). The Kier molecular flexibility index (Phi) is 7.76. The predicted octanol–water partition coefficient (Wildman–Crippen LogP) is 5.34. The van der Waals surface area contributed by atoms with Crippen LogP contribution in [0.15, 0.2) is 93.6 Å². The molecule has 172 valence electrons. The van der Waals surface area contributed by atoms with Crippen LogP contribution in [-0.2, 0) is 4.79 Å². The first-order valence-electron chi connectivity index (χ1n) is 10.4. The van der Waals surface area contributed by atoms with Crippen LogP contribution in [0.2, 0.25) is 0 Å². The molecule has 0 saturated carbocycles. The van der Waals surface area contributed by atoms with Gasteiger partial charge in [-0.3, -0.25) is 9.36 Å². The molecule has 0 saturated heterocycles. The third-order valence-corrected chi connectivity index (χ3v) is 6.38. The molecule has 4 aromatic rings. The highest BCUT2D eigenvalue weighted by molar-refractivity contribution is 9.10. The summed E-state index contributed by atoms with van der Waals surface area (Å²) in [6.45, 7) is 1.83. The van der Waals surface area contributed by atoms with Crippen LogP contribution in [0.5, 0.6) is 5.75 Å². The van der Waals surface area contributed by atoms with Gasteiger partial charge in [-0.05, 0) is 43.3 Å². The van der Waals surface area contributed by atoms with Gasteiger partial charge in [0.2, 0.25) is 0 Å². The molecule has 0 bridgehead atoms. The van der Waals surface area contributed by atoms with E-state index < -0.39 is 0 Å². The van der Waals surface area contributed by atoms with E-state index >= 15 is 0 Å². The summed E-state index contributed by atoms with van der Waals surface area (Å²) in [7, 11) is 1.61. The summed E-state index contributed by atoms with van der Waals surface area (Å²) in [4.78, 5) is 12.5. The Hall–Kier alpha value is -3.43. The first-order valence-corrected chi connectivity index (χ1v) is 12.2. The van der Waals surface area contributed by atoms with Crippen molar-refractivity contribution in [3.63, 3.8) is 0 Å². The molecular formula is C25H22BrN5O2S. The minimum Gasteiger partial charge on any atom is -0.497 e. The fourth-order valence-corrected chi connectivity index (χ4v) is 4.19. The van der Waals surface area contributed by atoms with Gasteiger partial charge in [0, 0.05) is 21.3 Å². The second-order valence-corrected chi connectivity index (χ2v) is 9.10. The lowest BCUT2D eigenvalue weighted by molar-refractivity contribution is -0.118. The quantitative estimate of drug-likeness (QED) is 0.187. The molecule has 1 amide bonds. The van der Waals surface area contributed by atoms with Gasteiger partial charge in [0.1, 0.15) is 5.75 Å². The average Bonchev–Trinajstić information content (AvgIpc) is 3.31. The zero-order valence-corrected chi connectivity index (χ0v) is 21.0. The number of thioether (sulfide) groups is 1. The van der Waals surface area contributed by atoms with Gasteiger partial charge in [0.05, 0.1) is 18.6 Å². The number of hydrazone groups is 1. The van der Waals surface area contributed by atoms with Crippen molar-refractivity contribution in [1.82, 2.24) is 20.2 Å². The summed E-state index contributed by atoms with van der Waals surface area (Å²) in [6, 6.07) is 25.2. The number of methoxy groups -OCH3 is 1. The molecule has 0 atom stereocenters. The molecule has 9 heteroatoms. The van der Waals surface area contributed by atoms with Crippen molar-refractivity contribution < 1.29 is 9.53 Å². The maximum Gasteiger partial charge on any atom is 0.250 e. The first kappa shape index (κ1) is 23.7. The molecule has 0 aliphatic heterocycles. The van der Waals surface area contributed by atoms with E-state index in [0.717, 1.165) is 27.0 Å². The molecule has 0 unspecified atom stereocenters. The summed E-state index contributed by atoms with van der Waals surface area (Å²) >= 11 is 4.78. The van der Waals surface area contributed by atoms with Gasteiger partial charge < -0.3 is 4.74 Å². The smallest absolute Gasteiger partial charge is 0.250 e. The van der Waals surface area contributed by atoms with Gasteiger partial charge in [-0.2, -0.15) is 5.10 Å². The van der Waals surface area contributed by atoms with E-state index in [1.54, 1.807) is 7.11 Å². The van der Waals surface area contributed by atoms with E-state index in [1.165, 1.54) is 11.8 Å². The number of ether oxygens (including phenoxy) is 1. The molecule has 1 heterocycles. The van der Waals surface area contributed by atoms with Gasteiger partial charge in [-0.15, -0.1) is 10.2 Å². The van der Waals surface area contributed by atoms with Crippen LogP contribution < -0.4 is 10.2 Å². The molecule has 0 spiro atoms. The van der Waals surface area contributed by atoms with Gasteiger partial charge in [-0.1, -0.05) is 70.2 Å². The minimum absolute atomic E-state index is 0.137. The van der Waals surface area contributed by atoms with Gasteiger partial charge in [0.25, 0.3) is 5.91 Å². The van der Waals surface area contributed by atoms with Crippen LogP contribution >= 0.6 is 27.7 Å². The normalized spacial score (nSPS) is 11.3. The van der Waals surface area contributed by atoms with E-state index in [4.69, 9.17) is 4.74 Å². The van der Waals surface area contributed by atoms with E-state index in [0.29, 0.717) is 16.7 Å². The van der Waals surface area contributed by atoms with E-state index in [2.05, 4.69) is 36.7 Å². The average molecular weight is 536 g/mol. The summed E-state index contributed by atoms with van der Waals surface area (Å²) < 4.78 is 8.17. The number of carbonyl (C=O) groups is 1. The number of amides is 1. The molecule has 34 heavy (non-hydrogen) atoms. The highest BCUT2D eigenvalue weighted by atomic mass is 79.9. The molecule has 0 aliphatic carbocycles. The van der Waals surface area contributed by atoms with Crippen molar-refractivity contribution >= 4 is 39.3 Å². The molecular weight excluding hydrogens is 514 g/mol. The number of nitrogens with zero attached hydrogens (tertiary/aromatic N) is 4. The van der Waals surface area contributed by atoms with E-state index in [-0.39, 0.29) is 11.7 Å². The van der Waals surface area contributed by atoms with Gasteiger partial charge >= 0.3 is 0 Å². The lowest BCUT2D eigenvalue weighted by Crippen LogP contribution is -2.21. The first-order chi connectivity index (χ1) is 16.5. The van der Waals surface area contributed by atoms with Crippen LogP contribution in [0, 0.1) is 0 Å². The van der Waals surface area contributed by atoms with Crippen LogP contribution in [-0.4, -0.2) is 39.2 Å². The SMILES string of the molecule is COc1cccc(/C(C)=N/NC(=O)CSc2nnc(-c3ccccc3)n2-c2ccc(Br)cc2)c1. The topological polar surface area (TPSA) is 81.4 Å². The Balaban J connectivity index is 1.51. The van der Waals surface area contributed by atoms with Gasteiger partial charge in [-0.25, -0.2) is 5.43 Å². The minimum atomic E-state index is -0.237. The molecule has 0 radical (unpaired) electrons. The summed E-state index contributed by atoms with van der Waals surface area (Å²) in [5, 5.41) is 13.6. The van der Waals surface area contributed by atoms with Crippen LogP contribution in [0.4, 0.5) is 0 Å². The molecule has 1 aromatic heterocycles. The Labute approximate surface area is 210 Å². The Morgan fingerprint density at radius 3 is 2.56 bits per heavy atom. The standard InChI is InChI=1S/C25H22BrN5O2S/c1-17(19-9-6-10-22(15-19)33-2)27-28-23(32)16-34-25-30-29-24(18-7-4-3-5-8-18)31(25)21-13-11-20(26)12-14-21/h3-15H,16H2,1-2H3,(H,28,32)/b27-17+. The monoisotopic (exact) mass is 535 g/mol. The van der Waals surface area contributed by atoms with E-state index in [1.807, 2.05) is 90.4 Å². The van der Waals surface area contributed by atoms with Crippen molar-refractivity contribution in [1.29, 1.82) is 0 Å². The van der Waals surface area contributed by atoms with Crippen LogP contribution in [0.1, 0.15) is 12.5 Å². The van der Waals surface area contributed by atoms with Crippen molar-refractivity contribution in [3.8, 4) is 22.8 Å². The predicted molar refractivity (Wildman–Crippen MR) is 139 cm³/mol. The molecule has 0 aliphatic rings. The number of hydrogen-bond donors (Lipinski definition) is 1. The zero-order chi connectivity index (χ0) is 23.9.